The largest absolute Gasteiger partial charge is 0.297 e. The van der Waals surface area contributed by atoms with Crippen molar-refractivity contribution >= 4 is 21.4 Å². The lowest BCUT2D eigenvalue weighted by atomic mass is 10.1. The molecule has 0 spiro atoms. The van der Waals surface area contributed by atoms with Gasteiger partial charge in [0.2, 0.25) is 5.28 Å². The van der Waals surface area contributed by atoms with Crippen LogP contribution in [-0.2, 0) is 22.7 Å². The molecule has 5 nitrogen and oxygen atoms in total. The van der Waals surface area contributed by atoms with Crippen molar-refractivity contribution in [2.24, 2.45) is 0 Å². The Bertz CT molecular complexity index is 549. The highest BCUT2D eigenvalue weighted by atomic mass is 35.5. The third kappa shape index (κ3) is 2.21. The van der Waals surface area contributed by atoms with Gasteiger partial charge in [-0.2, -0.15) is 0 Å². The van der Waals surface area contributed by atoms with E-state index in [4.69, 9.17) is 11.6 Å². The molecule has 82 valence electrons. The van der Waals surface area contributed by atoms with Crippen molar-refractivity contribution in [3.63, 3.8) is 0 Å². The van der Waals surface area contributed by atoms with Gasteiger partial charge in [0.25, 0.3) is 5.56 Å². The Morgan fingerprint density at radius 3 is 2.67 bits per heavy atom. The minimum Gasteiger partial charge on any atom is -0.297 e. The summed E-state index contributed by atoms with van der Waals surface area (Å²) in [7, 11) is -3.05. The number of hydrogen-bond donors (Lipinski definition) is 1. The first-order chi connectivity index (χ1) is 6.98. The summed E-state index contributed by atoms with van der Waals surface area (Å²) in [5.74, 6) is 0.0408. The Morgan fingerprint density at radius 1 is 1.27 bits per heavy atom. The second-order valence-electron chi connectivity index (χ2n) is 3.43. The average Bonchev–Trinajstić information content (AvgIpc) is 2.26. The topological polar surface area (TPSA) is 79.9 Å². The van der Waals surface area contributed by atoms with Gasteiger partial charge in [-0.1, -0.05) is 0 Å². The van der Waals surface area contributed by atoms with Gasteiger partial charge in [0.05, 0.1) is 17.2 Å². The summed E-state index contributed by atoms with van der Waals surface area (Å²) < 4.78 is 22.7. The van der Waals surface area contributed by atoms with Gasteiger partial charge in [0.1, 0.15) is 0 Å². The number of nitrogens with zero attached hydrogens (tertiary/aromatic N) is 1. The van der Waals surface area contributed by atoms with Crippen LogP contribution in [0.4, 0.5) is 0 Å². The van der Waals surface area contributed by atoms with Crippen LogP contribution in [0.1, 0.15) is 11.3 Å². The van der Waals surface area contributed by atoms with Gasteiger partial charge in [-0.3, -0.25) is 9.78 Å². The molecule has 1 N–H and O–H groups in total. The van der Waals surface area contributed by atoms with Gasteiger partial charge in [-0.25, -0.2) is 13.4 Å². The molecule has 0 aliphatic carbocycles. The fourth-order valence-electron chi connectivity index (χ4n) is 1.59. The molecule has 0 bridgehead atoms. The van der Waals surface area contributed by atoms with E-state index in [1.54, 1.807) is 0 Å². The fourth-order valence-corrected chi connectivity index (χ4v) is 3.00. The molecule has 15 heavy (non-hydrogen) atoms. The monoisotopic (exact) mass is 248 g/mol. The number of aromatic amines is 1. The zero-order chi connectivity index (χ0) is 11.1. The number of hydrogen-bond acceptors (Lipinski definition) is 4. The molecule has 2 rings (SSSR count). The summed E-state index contributed by atoms with van der Waals surface area (Å²) >= 11 is 5.59. The first-order valence-corrected chi connectivity index (χ1v) is 6.66. The molecule has 0 saturated heterocycles. The van der Waals surface area contributed by atoms with Gasteiger partial charge < -0.3 is 0 Å². The molecular weight excluding hydrogens is 240 g/mol. The molecule has 1 aliphatic heterocycles. The van der Waals surface area contributed by atoms with Gasteiger partial charge >= 0.3 is 0 Å². The molecule has 1 aromatic rings. The minimum atomic E-state index is -3.05. The summed E-state index contributed by atoms with van der Waals surface area (Å²) in [6.45, 7) is 0. The Balaban J connectivity index is 2.53. The van der Waals surface area contributed by atoms with E-state index in [0.717, 1.165) is 0 Å². The lowest BCUT2D eigenvalue weighted by molar-refractivity contribution is 0.596. The summed E-state index contributed by atoms with van der Waals surface area (Å²) in [6.07, 6.45) is 0.485. The van der Waals surface area contributed by atoms with Crippen LogP contribution in [-0.4, -0.2) is 29.9 Å². The number of aromatic nitrogens is 2. The number of halogens is 1. The molecule has 0 radical (unpaired) electrons. The minimum absolute atomic E-state index is 0.00634. The van der Waals surface area contributed by atoms with Crippen LogP contribution in [0.2, 0.25) is 5.28 Å². The third-order valence-electron chi connectivity index (χ3n) is 2.39. The fraction of sp³-hybridized carbons (Fsp3) is 0.500. The maximum Gasteiger partial charge on any atom is 0.255 e. The van der Waals surface area contributed by atoms with Gasteiger partial charge in [-0.15, -0.1) is 0 Å². The number of nitrogens with one attached hydrogen (secondary N) is 1. The van der Waals surface area contributed by atoms with Crippen LogP contribution in [0.5, 0.6) is 0 Å². The van der Waals surface area contributed by atoms with E-state index in [2.05, 4.69) is 9.97 Å². The van der Waals surface area contributed by atoms with Gasteiger partial charge in [-0.05, 0) is 18.0 Å². The quantitative estimate of drug-likeness (QED) is 0.652. The number of H-pyrrole nitrogens is 1. The second kappa shape index (κ2) is 3.61. The normalized spacial score (nSPS) is 19.3. The second-order valence-corrected chi connectivity index (χ2v) is 6.10. The molecule has 0 aromatic carbocycles. The Kier molecular flexibility index (Phi) is 2.56. The van der Waals surface area contributed by atoms with E-state index in [0.29, 0.717) is 11.3 Å². The van der Waals surface area contributed by atoms with Crippen molar-refractivity contribution in [3.8, 4) is 0 Å². The van der Waals surface area contributed by atoms with Crippen LogP contribution in [0, 0.1) is 0 Å². The third-order valence-corrected chi connectivity index (χ3v) is 4.22. The van der Waals surface area contributed by atoms with Crippen LogP contribution in [0.3, 0.4) is 0 Å². The zero-order valence-corrected chi connectivity index (χ0v) is 9.36. The predicted molar refractivity (Wildman–Crippen MR) is 55.9 cm³/mol. The molecule has 0 atom stereocenters. The predicted octanol–water partition coefficient (Wildman–Crippen LogP) is -0.0633. The standard InChI is InChI=1S/C8H9ClN2O3S/c9-8-10-6-2-4-15(13,14)3-1-5(6)7(12)11-8/h1-4H2,(H,10,11,12). The summed E-state index contributed by atoms with van der Waals surface area (Å²) in [6, 6.07) is 0. The van der Waals surface area contributed by atoms with E-state index < -0.39 is 9.84 Å². The summed E-state index contributed by atoms with van der Waals surface area (Å²) in [5, 5.41) is 0.0121. The zero-order valence-electron chi connectivity index (χ0n) is 7.79. The molecule has 0 saturated carbocycles. The van der Waals surface area contributed by atoms with Crippen molar-refractivity contribution in [2.45, 2.75) is 12.8 Å². The number of sulfone groups is 1. The molecular formula is C8H9ClN2O3S. The van der Waals surface area contributed by atoms with E-state index in [-0.39, 0.29) is 35.2 Å². The highest BCUT2D eigenvalue weighted by molar-refractivity contribution is 7.91. The van der Waals surface area contributed by atoms with E-state index in [1.165, 1.54) is 0 Å². The van der Waals surface area contributed by atoms with Crippen molar-refractivity contribution in [2.75, 3.05) is 11.5 Å². The highest BCUT2D eigenvalue weighted by Crippen LogP contribution is 2.12. The van der Waals surface area contributed by atoms with Crippen LogP contribution in [0.15, 0.2) is 4.79 Å². The van der Waals surface area contributed by atoms with E-state index >= 15 is 0 Å². The van der Waals surface area contributed by atoms with Crippen LogP contribution >= 0.6 is 11.6 Å². The van der Waals surface area contributed by atoms with Crippen molar-refractivity contribution in [1.82, 2.24) is 9.97 Å². The van der Waals surface area contributed by atoms with E-state index in [9.17, 15) is 13.2 Å². The number of rotatable bonds is 0. The van der Waals surface area contributed by atoms with Crippen LogP contribution in [0.25, 0.3) is 0 Å². The first kappa shape index (κ1) is 10.6. The Hall–Kier alpha value is -0.880. The Labute approximate surface area is 91.4 Å². The van der Waals surface area contributed by atoms with Crippen molar-refractivity contribution in [1.29, 1.82) is 0 Å². The molecule has 1 aliphatic rings. The van der Waals surface area contributed by atoms with Crippen molar-refractivity contribution in [3.05, 3.63) is 26.9 Å². The maximum absolute atomic E-state index is 11.5. The number of fused-ring (bicyclic) bond motifs is 1. The summed E-state index contributed by atoms with van der Waals surface area (Å²) in [5.41, 5.74) is 0.618. The van der Waals surface area contributed by atoms with Gasteiger partial charge in [0.15, 0.2) is 9.84 Å². The molecule has 7 heteroatoms. The molecule has 0 fully saturated rings. The van der Waals surface area contributed by atoms with Gasteiger partial charge in [0, 0.05) is 12.0 Å². The first-order valence-electron chi connectivity index (χ1n) is 4.46. The Morgan fingerprint density at radius 2 is 1.93 bits per heavy atom. The molecule has 2 heterocycles. The van der Waals surface area contributed by atoms with Crippen LogP contribution < -0.4 is 5.56 Å². The average molecular weight is 249 g/mol. The molecule has 0 amide bonds. The van der Waals surface area contributed by atoms with Crippen molar-refractivity contribution < 1.29 is 8.42 Å². The summed E-state index contributed by atoms with van der Waals surface area (Å²) in [4.78, 5) is 17.8. The number of aryl methyl sites for hydroxylation is 1. The lowest BCUT2D eigenvalue weighted by Crippen LogP contribution is -2.18. The SMILES string of the molecule is O=c1[nH]c(Cl)nc2c1CCS(=O)(=O)CC2. The smallest absolute Gasteiger partial charge is 0.255 e. The van der Waals surface area contributed by atoms with E-state index in [1.807, 2.05) is 0 Å². The molecule has 0 unspecified atom stereocenters. The lowest BCUT2D eigenvalue weighted by Gasteiger charge is -2.01. The molecule has 1 aromatic heterocycles. The maximum atomic E-state index is 11.5. The highest BCUT2D eigenvalue weighted by Gasteiger charge is 2.21.